The van der Waals surface area contributed by atoms with E-state index in [4.69, 9.17) is 28.5 Å². The predicted octanol–water partition coefficient (Wildman–Crippen LogP) is 3.46. The van der Waals surface area contributed by atoms with E-state index in [9.17, 15) is 13.2 Å². The summed E-state index contributed by atoms with van der Waals surface area (Å²) in [6.07, 6.45) is 0. The van der Waals surface area contributed by atoms with Crippen molar-refractivity contribution in [2.75, 3.05) is 0 Å². The number of halogens is 2. The number of hydrogen-bond acceptors (Lipinski definition) is 6. The van der Waals surface area contributed by atoms with Crippen LogP contribution in [0.4, 0.5) is 0 Å². The number of nitriles is 1. The maximum atomic E-state index is 12.3. The molecule has 0 aliphatic carbocycles. The first-order valence-electron chi connectivity index (χ1n) is 6.30. The minimum absolute atomic E-state index is 0.101. The van der Waals surface area contributed by atoms with Crippen molar-refractivity contribution in [3.05, 3.63) is 64.1 Å². The number of nitrogens with zero attached hydrogens (tertiary/aromatic N) is 2. The second kappa shape index (κ2) is 7.45. The number of carbonyl (C=O) groups is 1. The molecule has 0 spiro atoms. The van der Waals surface area contributed by atoms with Crippen LogP contribution in [0.25, 0.3) is 0 Å². The first kappa shape index (κ1) is 17.9. The predicted molar refractivity (Wildman–Crippen MR) is 88.6 cm³/mol. The van der Waals surface area contributed by atoms with Crippen molar-refractivity contribution >= 4 is 44.1 Å². The fourth-order valence-electron chi connectivity index (χ4n) is 1.58. The van der Waals surface area contributed by atoms with E-state index in [2.05, 4.69) is 9.99 Å². The number of rotatable bonds is 3. The van der Waals surface area contributed by atoms with Crippen LogP contribution < -0.4 is 0 Å². The van der Waals surface area contributed by atoms with Gasteiger partial charge in [-0.05, 0) is 48.5 Å². The highest BCUT2D eigenvalue weighted by atomic mass is 35.5. The molecule has 0 atom stereocenters. The molecule has 0 aromatic heterocycles. The summed E-state index contributed by atoms with van der Waals surface area (Å²) in [4.78, 5) is 16.1. The largest absolute Gasteiger partial charge is 0.365 e. The lowest BCUT2D eigenvalue weighted by atomic mass is 10.2. The summed E-state index contributed by atoms with van der Waals surface area (Å²) < 4.78 is 24.5. The molecule has 0 amide bonds. The Balaban J connectivity index is 2.25. The van der Waals surface area contributed by atoms with Crippen LogP contribution >= 0.6 is 23.2 Å². The van der Waals surface area contributed by atoms with Crippen molar-refractivity contribution in [3.63, 3.8) is 0 Å². The first-order chi connectivity index (χ1) is 11.3. The molecule has 0 aliphatic rings. The Bertz CT molecular complexity index is 931. The molecule has 6 nitrogen and oxygen atoms in total. The molecule has 0 N–H and O–H groups in total. The Morgan fingerprint density at radius 2 is 1.50 bits per heavy atom. The standard InChI is InChI=1S/C15H8Cl2N2O4S/c16-11-3-1-10(2-4-11)15(20)23-19-14(9-18)24(21,22)13-7-5-12(17)6-8-13/h1-8H. The molecule has 0 radical (unpaired) electrons. The van der Waals surface area contributed by atoms with Crippen molar-refractivity contribution in [2.24, 2.45) is 5.16 Å². The maximum absolute atomic E-state index is 12.3. The van der Waals surface area contributed by atoms with Gasteiger partial charge in [0.05, 0.1) is 10.5 Å². The highest BCUT2D eigenvalue weighted by Crippen LogP contribution is 2.17. The number of benzene rings is 2. The summed E-state index contributed by atoms with van der Waals surface area (Å²) in [7, 11) is -4.22. The van der Waals surface area contributed by atoms with Gasteiger partial charge in [-0.3, -0.25) is 0 Å². The Hall–Kier alpha value is -2.40. The fraction of sp³-hybridized carbons (Fsp3) is 0. The van der Waals surface area contributed by atoms with Crippen LogP contribution in [-0.2, 0) is 14.7 Å². The molecule has 0 saturated carbocycles. The first-order valence-corrected chi connectivity index (χ1v) is 8.54. The van der Waals surface area contributed by atoms with Gasteiger partial charge in [0.2, 0.25) is 9.84 Å². The van der Waals surface area contributed by atoms with Gasteiger partial charge in [-0.2, -0.15) is 5.26 Å². The zero-order chi connectivity index (χ0) is 17.7. The molecule has 0 aliphatic heterocycles. The molecule has 0 heterocycles. The lowest BCUT2D eigenvalue weighted by Crippen LogP contribution is -2.15. The minimum atomic E-state index is -4.22. The lowest BCUT2D eigenvalue weighted by molar-refractivity contribution is 0.0518. The van der Waals surface area contributed by atoms with Crippen LogP contribution in [0.3, 0.4) is 0 Å². The summed E-state index contributed by atoms with van der Waals surface area (Å²) in [5.74, 6) is -0.925. The van der Waals surface area contributed by atoms with Crippen LogP contribution in [0.1, 0.15) is 10.4 Å². The van der Waals surface area contributed by atoms with E-state index in [1.807, 2.05) is 0 Å². The average molecular weight is 383 g/mol. The van der Waals surface area contributed by atoms with Crippen LogP contribution in [0.5, 0.6) is 0 Å². The van der Waals surface area contributed by atoms with Crippen LogP contribution in [0.15, 0.2) is 58.6 Å². The van der Waals surface area contributed by atoms with Crippen molar-refractivity contribution in [2.45, 2.75) is 4.90 Å². The molecule has 122 valence electrons. The zero-order valence-corrected chi connectivity index (χ0v) is 14.1. The van der Waals surface area contributed by atoms with E-state index in [1.54, 1.807) is 0 Å². The highest BCUT2D eigenvalue weighted by Gasteiger charge is 2.24. The summed E-state index contributed by atoms with van der Waals surface area (Å²) in [5.41, 5.74) is 0.101. The van der Waals surface area contributed by atoms with Gasteiger partial charge in [-0.1, -0.05) is 28.4 Å². The van der Waals surface area contributed by atoms with Crippen LogP contribution in [-0.4, -0.2) is 19.4 Å². The van der Waals surface area contributed by atoms with Crippen molar-refractivity contribution < 1.29 is 18.0 Å². The molecule has 0 unspecified atom stereocenters. The van der Waals surface area contributed by atoms with Gasteiger partial charge in [-0.15, -0.1) is 0 Å². The van der Waals surface area contributed by atoms with Gasteiger partial charge in [0.1, 0.15) is 6.07 Å². The highest BCUT2D eigenvalue weighted by molar-refractivity contribution is 8.07. The third-order valence-electron chi connectivity index (χ3n) is 2.77. The molecule has 2 rings (SSSR count). The van der Waals surface area contributed by atoms with E-state index in [-0.39, 0.29) is 10.5 Å². The number of hydrogen-bond donors (Lipinski definition) is 0. The summed E-state index contributed by atoms with van der Waals surface area (Å²) in [5, 5.41) is 12.0. The molecule has 0 saturated heterocycles. The average Bonchev–Trinajstić information content (AvgIpc) is 2.56. The van der Waals surface area contributed by atoms with Crippen molar-refractivity contribution in [1.29, 1.82) is 5.26 Å². The minimum Gasteiger partial charge on any atom is -0.311 e. The normalized spacial score (nSPS) is 11.6. The number of oxime groups is 1. The van der Waals surface area contributed by atoms with Crippen molar-refractivity contribution in [1.82, 2.24) is 0 Å². The topological polar surface area (TPSA) is 96.6 Å². The molecular weight excluding hydrogens is 375 g/mol. The Morgan fingerprint density at radius 3 is 2.00 bits per heavy atom. The van der Waals surface area contributed by atoms with Gasteiger partial charge in [0.15, 0.2) is 0 Å². The maximum Gasteiger partial charge on any atom is 0.365 e. The SMILES string of the molecule is N#CC(=NOC(=O)c1ccc(Cl)cc1)S(=O)(=O)c1ccc(Cl)cc1. The zero-order valence-electron chi connectivity index (χ0n) is 11.8. The van der Waals surface area contributed by atoms with E-state index >= 15 is 0 Å². The third kappa shape index (κ3) is 4.11. The monoisotopic (exact) mass is 382 g/mol. The quantitative estimate of drug-likeness (QED) is 0.350. The Kier molecular flexibility index (Phi) is 5.57. The lowest BCUT2D eigenvalue weighted by Gasteiger charge is -2.02. The van der Waals surface area contributed by atoms with E-state index < -0.39 is 20.9 Å². The molecular formula is C15H8Cl2N2O4S. The second-order valence-electron chi connectivity index (χ2n) is 4.35. The van der Waals surface area contributed by atoms with Crippen LogP contribution in [0, 0.1) is 11.3 Å². The number of sulfone groups is 1. The van der Waals surface area contributed by atoms with E-state index in [0.717, 1.165) is 0 Å². The van der Waals surface area contributed by atoms with Crippen molar-refractivity contribution in [3.8, 4) is 6.07 Å². The molecule has 2 aromatic carbocycles. The fourth-order valence-corrected chi connectivity index (χ4v) is 2.80. The third-order valence-corrected chi connectivity index (χ3v) is 4.84. The second-order valence-corrected chi connectivity index (χ2v) is 7.09. The summed E-state index contributed by atoms with van der Waals surface area (Å²) in [6, 6.07) is 12.2. The molecule has 0 bridgehead atoms. The summed E-state index contributed by atoms with van der Waals surface area (Å²) in [6.45, 7) is 0. The molecule has 24 heavy (non-hydrogen) atoms. The molecule has 0 fully saturated rings. The van der Waals surface area contributed by atoms with Gasteiger partial charge < -0.3 is 4.84 Å². The van der Waals surface area contributed by atoms with Gasteiger partial charge in [0.25, 0.3) is 5.04 Å². The van der Waals surface area contributed by atoms with Crippen LogP contribution in [0.2, 0.25) is 10.0 Å². The Labute approximate surface area is 147 Å². The van der Waals surface area contributed by atoms with E-state index in [0.29, 0.717) is 10.0 Å². The number of carbonyl (C=O) groups excluding carboxylic acids is 1. The van der Waals surface area contributed by atoms with Gasteiger partial charge in [0, 0.05) is 10.0 Å². The molecule has 2 aromatic rings. The summed E-state index contributed by atoms with van der Waals surface area (Å²) >= 11 is 11.4. The smallest absolute Gasteiger partial charge is 0.311 e. The van der Waals surface area contributed by atoms with Gasteiger partial charge >= 0.3 is 5.97 Å². The van der Waals surface area contributed by atoms with Gasteiger partial charge in [-0.25, -0.2) is 13.2 Å². The Morgan fingerprint density at radius 1 is 1.00 bits per heavy atom. The molecule has 9 heteroatoms. The van der Waals surface area contributed by atoms with E-state index in [1.165, 1.54) is 54.6 Å².